The molecular formula is C22H22N2O5S. The highest BCUT2D eigenvalue weighted by molar-refractivity contribution is 7.89. The maximum Gasteiger partial charge on any atom is 0.238 e. The van der Waals surface area contributed by atoms with Crippen LogP contribution in [0.15, 0.2) is 64.7 Å². The number of primary sulfonamides is 1. The zero-order chi connectivity index (χ0) is 21.5. The van der Waals surface area contributed by atoms with Crippen molar-refractivity contribution in [2.24, 2.45) is 5.14 Å². The predicted octanol–water partition coefficient (Wildman–Crippen LogP) is 2.87. The molecule has 2 aromatic carbocycles. The van der Waals surface area contributed by atoms with Crippen molar-refractivity contribution in [2.45, 2.75) is 36.5 Å². The van der Waals surface area contributed by atoms with E-state index < -0.39 is 10.0 Å². The molecule has 1 atom stereocenters. The summed E-state index contributed by atoms with van der Waals surface area (Å²) in [7, 11) is -2.26. The molecule has 1 aliphatic carbocycles. The van der Waals surface area contributed by atoms with Crippen LogP contribution in [0.4, 0.5) is 5.69 Å². The molecule has 0 radical (unpaired) electrons. The summed E-state index contributed by atoms with van der Waals surface area (Å²) in [4.78, 5) is 27.7. The average Bonchev–Trinajstić information content (AvgIpc) is 2.73. The predicted molar refractivity (Wildman–Crippen MR) is 112 cm³/mol. The first kappa shape index (κ1) is 20.3. The van der Waals surface area contributed by atoms with Crippen molar-refractivity contribution in [3.05, 3.63) is 65.4 Å². The highest BCUT2D eigenvalue weighted by atomic mass is 32.2. The number of sulfonamides is 1. The van der Waals surface area contributed by atoms with Crippen molar-refractivity contribution in [1.29, 1.82) is 0 Å². The van der Waals surface area contributed by atoms with Gasteiger partial charge in [-0.2, -0.15) is 0 Å². The number of nitrogens with two attached hydrogens (primary N) is 1. The number of carbonyl (C=O) groups is 2. The van der Waals surface area contributed by atoms with Crippen molar-refractivity contribution in [3.8, 4) is 5.75 Å². The van der Waals surface area contributed by atoms with E-state index in [0.29, 0.717) is 42.0 Å². The van der Waals surface area contributed by atoms with E-state index in [1.807, 2.05) is 24.3 Å². The Morgan fingerprint density at radius 3 is 2.40 bits per heavy atom. The van der Waals surface area contributed by atoms with Crippen LogP contribution in [0.3, 0.4) is 0 Å². The molecule has 0 saturated carbocycles. The summed E-state index contributed by atoms with van der Waals surface area (Å²) in [6.45, 7) is 0. The number of Topliss-reactive ketones (excluding diaryl/α,β-unsaturated/α-hetero) is 1. The summed E-state index contributed by atoms with van der Waals surface area (Å²) in [6.07, 6.45) is 1.82. The maximum absolute atomic E-state index is 13.2. The van der Waals surface area contributed by atoms with E-state index in [1.165, 1.54) is 12.1 Å². The number of ketones is 1. The monoisotopic (exact) mass is 426 g/mol. The standard InChI is InChI=1S/C22H22N2O5S/c1-29-20-8-3-2-5-16(20)17-13-21(26)24(18-6-4-7-19(25)22(17)18)14-9-11-15(12-10-14)30(23,27)28/h2-3,5,8-12,17H,4,6-7,13H2,1H3,(H2,23,27,28). The number of nitrogens with zero attached hydrogens (tertiary/aromatic N) is 1. The molecule has 1 aliphatic heterocycles. The molecule has 156 valence electrons. The summed E-state index contributed by atoms with van der Waals surface area (Å²) in [5, 5.41) is 5.17. The fraction of sp³-hybridized carbons (Fsp3) is 0.273. The number of ether oxygens (including phenoxy) is 1. The lowest BCUT2D eigenvalue weighted by molar-refractivity contribution is -0.119. The van der Waals surface area contributed by atoms with Gasteiger partial charge >= 0.3 is 0 Å². The first-order chi connectivity index (χ1) is 14.3. The first-order valence-electron chi connectivity index (χ1n) is 9.66. The van der Waals surface area contributed by atoms with Gasteiger partial charge in [-0.25, -0.2) is 13.6 Å². The fourth-order valence-corrected chi connectivity index (χ4v) is 4.81. The fourth-order valence-electron chi connectivity index (χ4n) is 4.30. The van der Waals surface area contributed by atoms with E-state index in [1.54, 1.807) is 24.1 Å². The van der Waals surface area contributed by atoms with Crippen LogP contribution < -0.4 is 14.8 Å². The Balaban J connectivity index is 1.84. The molecule has 0 bridgehead atoms. The molecule has 0 aromatic heterocycles. The molecule has 2 aliphatic rings. The Labute approximate surface area is 175 Å². The van der Waals surface area contributed by atoms with Crippen LogP contribution in [0.2, 0.25) is 0 Å². The second kappa shape index (κ2) is 7.70. The first-order valence-corrected chi connectivity index (χ1v) is 11.2. The maximum atomic E-state index is 13.2. The van der Waals surface area contributed by atoms with Crippen molar-refractivity contribution in [2.75, 3.05) is 12.0 Å². The number of hydrogen-bond acceptors (Lipinski definition) is 5. The minimum atomic E-state index is -3.83. The molecule has 1 unspecified atom stereocenters. The van der Waals surface area contributed by atoms with Crippen LogP contribution in [0.25, 0.3) is 0 Å². The number of rotatable bonds is 4. The van der Waals surface area contributed by atoms with E-state index in [9.17, 15) is 18.0 Å². The Morgan fingerprint density at radius 2 is 1.73 bits per heavy atom. The van der Waals surface area contributed by atoms with Gasteiger partial charge in [-0.1, -0.05) is 18.2 Å². The van der Waals surface area contributed by atoms with E-state index in [2.05, 4.69) is 0 Å². The van der Waals surface area contributed by atoms with E-state index in [-0.39, 0.29) is 28.9 Å². The summed E-state index contributed by atoms with van der Waals surface area (Å²) < 4.78 is 28.6. The zero-order valence-electron chi connectivity index (χ0n) is 16.5. The van der Waals surface area contributed by atoms with Gasteiger partial charge in [-0.05, 0) is 43.2 Å². The van der Waals surface area contributed by atoms with Gasteiger partial charge in [-0.3, -0.25) is 14.5 Å². The number of para-hydroxylation sites is 1. The Morgan fingerprint density at radius 1 is 1.03 bits per heavy atom. The van der Waals surface area contributed by atoms with Gasteiger partial charge in [0, 0.05) is 41.3 Å². The van der Waals surface area contributed by atoms with Gasteiger partial charge in [0.15, 0.2) is 5.78 Å². The molecule has 2 N–H and O–H groups in total. The van der Waals surface area contributed by atoms with Crippen molar-refractivity contribution < 1.29 is 22.7 Å². The molecule has 0 spiro atoms. The third kappa shape index (κ3) is 3.53. The average molecular weight is 426 g/mol. The van der Waals surface area contributed by atoms with Gasteiger partial charge < -0.3 is 4.74 Å². The van der Waals surface area contributed by atoms with Crippen molar-refractivity contribution in [1.82, 2.24) is 0 Å². The minimum Gasteiger partial charge on any atom is -0.496 e. The Kier molecular flexibility index (Phi) is 5.21. The Hall–Kier alpha value is -2.97. The SMILES string of the molecule is COc1ccccc1C1CC(=O)N(c2ccc(S(N)(=O)=O)cc2)C2=C1C(=O)CCC2. The molecular weight excluding hydrogens is 404 g/mol. The molecule has 2 aromatic rings. The molecule has 7 nitrogen and oxygen atoms in total. The molecule has 8 heteroatoms. The van der Waals surface area contributed by atoms with Crippen molar-refractivity contribution >= 4 is 27.4 Å². The number of methoxy groups -OCH3 is 1. The summed E-state index contributed by atoms with van der Waals surface area (Å²) in [5.41, 5.74) is 2.66. The van der Waals surface area contributed by atoms with Crippen LogP contribution >= 0.6 is 0 Å². The quantitative estimate of drug-likeness (QED) is 0.809. The highest BCUT2D eigenvalue weighted by Gasteiger charge is 2.40. The second-order valence-corrected chi connectivity index (χ2v) is 8.97. The molecule has 4 rings (SSSR count). The summed E-state index contributed by atoms with van der Waals surface area (Å²) in [6, 6.07) is 13.3. The van der Waals surface area contributed by atoms with Crippen LogP contribution in [0.1, 0.15) is 37.2 Å². The third-order valence-electron chi connectivity index (χ3n) is 5.61. The van der Waals surface area contributed by atoms with E-state index in [0.717, 1.165) is 5.56 Å². The van der Waals surface area contributed by atoms with Gasteiger partial charge in [0.05, 0.1) is 12.0 Å². The van der Waals surface area contributed by atoms with Crippen LogP contribution in [0, 0.1) is 0 Å². The lowest BCUT2D eigenvalue weighted by atomic mass is 9.77. The number of hydrogen-bond donors (Lipinski definition) is 1. The second-order valence-electron chi connectivity index (χ2n) is 7.40. The smallest absolute Gasteiger partial charge is 0.238 e. The molecule has 30 heavy (non-hydrogen) atoms. The molecule has 1 amide bonds. The van der Waals surface area contributed by atoms with Gasteiger partial charge in [-0.15, -0.1) is 0 Å². The lowest BCUT2D eigenvalue weighted by Crippen LogP contribution is -2.40. The van der Waals surface area contributed by atoms with Crippen LogP contribution in [-0.4, -0.2) is 27.2 Å². The lowest BCUT2D eigenvalue weighted by Gasteiger charge is -2.38. The van der Waals surface area contributed by atoms with E-state index >= 15 is 0 Å². The molecule has 1 heterocycles. The third-order valence-corrected chi connectivity index (χ3v) is 6.54. The summed E-state index contributed by atoms with van der Waals surface area (Å²) >= 11 is 0. The number of benzene rings is 2. The van der Waals surface area contributed by atoms with Gasteiger partial charge in [0.25, 0.3) is 0 Å². The van der Waals surface area contributed by atoms with Crippen molar-refractivity contribution in [3.63, 3.8) is 0 Å². The normalized spacial score (nSPS) is 19.7. The summed E-state index contributed by atoms with van der Waals surface area (Å²) in [5.74, 6) is 0.163. The zero-order valence-corrected chi connectivity index (χ0v) is 17.3. The topological polar surface area (TPSA) is 107 Å². The minimum absolute atomic E-state index is 0.0310. The van der Waals surface area contributed by atoms with Crippen LogP contribution in [-0.2, 0) is 19.6 Å². The largest absolute Gasteiger partial charge is 0.496 e. The van der Waals surface area contributed by atoms with E-state index in [4.69, 9.17) is 9.88 Å². The Bertz CT molecular complexity index is 1150. The number of carbonyl (C=O) groups excluding carboxylic acids is 2. The van der Waals surface area contributed by atoms with Gasteiger partial charge in [0.2, 0.25) is 15.9 Å². The number of anilines is 1. The molecule has 0 saturated heterocycles. The molecule has 0 fully saturated rings. The van der Waals surface area contributed by atoms with Gasteiger partial charge in [0.1, 0.15) is 5.75 Å². The number of allylic oxidation sites excluding steroid dienone is 2. The van der Waals surface area contributed by atoms with Crippen LogP contribution in [0.5, 0.6) is 5.75 Å². The highest BCUT2D eigenvalue weighted by Crippen LogP contribution is 2.45. The number of amides is 1.